The van der Waals surface area contributed by atoms with E-state index in [1.807, 2.05) is 6.92 Å². The number of rotatable bonds is 4. The van der Waals surface area contributed by atoms with Crippen LogP contribution in [0, 0.1) is 0 Å². The van der Waals surface area contributed by atoms with Gasteiger partial charge in [0.25, 0.3) is 0 Å². The molecule has 1 aromatic rings. The van der Waals surface area contributed by atoms with E-state index in [9.17, 15) is 0 Å². The smallest absolute Gasteiger partial charge is 0.00283 e. The molecular formula is C12H20NP. The van der Waals surface area contributed by atoms with E-state index in [-0.39, 0.29) is 0 Å². The van der Waals surface area contributed by atoms with Crippen molar-refractivity contribution in [2.45, 2.75) is 13.3 Å². The number of hydrogen-bond donors (Lipinski definition) is 1. The van der Waals surface area contributed by atoms with Crippen LogP contribution in [0.1, 0.15) is 12.5 Å². The second-order valence-corrected chi connectivity index (χ2v) is 3.67. The summed E-state index contributed by atoms with van der Waals surface area (Å²) in [6.45, 7) is 8.50. The second kappa shape index (κ2) is 10.4. The molecule has 0 aliphatic carbocycles. The van der Waals surface area contributed by atoms with E-state index >= 15 is 0 Å². The van der Waals surface area contributed by atoms with E-state index < -0.39 is 0 Å². The summed E-state index contributed by atoms with van der Waals surface area (Å²) in [7, 11) is 0.859. The summed E-state index contributed by atoms with van der Waals surface area (Å²) in [6, 6.07) is 10.6. The van der Waals surface area contributed by atoms with Crippen LogP contribution in [-0.2, 0) is 6.42 Å². The number of nitrogens with one attached hydrogen (secondary N) is 1. The van der Waals surface area contributed by atoms with Crippen molar-refractivity contribution in [3.63, 3.8) is 0 Å². The lowest BCUT2D eigenvalue weighted by molar-refractivity contribution is 0.905. The van der Waals surface area contributed by atoms with E-state index in [0.29, 0.717) is 0 Å². The maximum Gasteiger partial charge on any atom is 0.00283 e. The molecule has 0 heterocycles. The summed E-state index contributed by atoms with van der Waals surface area (Å²) in [5.74, 6) is 0. The Morgan fingerprint density at radius 1 is 1.36 bits per heavy atom. The van der Waals surface area contributed by atoms with Crippen molar-refractivity contribution in [3.05, 3.63) is 48.6 Å². The third kappa shape index (κ3) is 7.97. The molecule has 1 unspecified atom stereocenters. The van der Waals surface area contributed by atoms with Crippen LogP contribution in [0.2, 0.25) is 0 Å². The fourth-order valence-corrected chi connectivity index (χ4v) is 1.35. The van der Waals surface area contributed by atoms with E-state index in [0.717, 1.165) is 21.7 Å². The van der Waals surface area contributed by atoms with Crippen LogP contribution in [0.25, 0.3) is 0 Å². The van der Waals surface area contributed by atoms with Gasteiger partial charge in [0.15, 0.2) is 0 Å². The molecule has 0 saturated heterocycles. The van der Waals surface area contributed by atoms with Crippen LogP contribution in [0.15, 0.2) is 43.0 Å². The molecule has 0 radical (unpaired) electrons. The Morgan fingerprint density at radius 3 is 2.43 bits per heavy atom. The molecule has 0 amide bonds. The molecule has 0 saturated carbocycles. The van der Waals surface area contributed by atoms with E-state index in [1.165, 1.54) is 5.56 Å². The number of benzene rings is 1. The Morgan fingerprint density at radius 2 is 1.93 bits per heavy atom. The first-order valence-corrected chi connectivity index (χ1v) is 6.35. The van der Waals surface area contributed by atoms with Crippen LogP contribution in [0.3, 0.4) is 0 Å². The maximum atomic E-state index is 3.36. The summed E-state index contributed by atoms with van der Waals surface area (Å²) in [5, 5.41) is 3.32. The van der Waals surface area contributed by atoms with Crippen LogP contribution in [-0.4, -0.2) is 13.2 Å². The van der Waals surface area contributed by atoms with E-state index in [2.05, 4.69) is 48.7 Å². The first-order valence-electron chi connectivity index (χ1n) is 4.85. The molecule has 1 aromatic carbocycles. The fraction of sp³-hybridized carbons (Fsp3) is 0.333. The SMILES string of the molecule is C=CC.CPNCCc1ccccc1. The Kier molecular flexibility index (Phi) is 9.95. The first-order chi connectivity index (χ1) is 6.85. The van der Waals surface area contributed by atoms with Crippen molar-refractivity contribution in [2.24, 2.45) is 0 Å². The molecular weight excluding hydrogens is 189 g/mol. The standard InChI is InChI=1S/C9H14NP.C3H6/c1-11-10-8-7-9-5-3-2-4-6-9;1-3-2/h2-6,10-11H,7-8H2,1H3;3H,1H2,2H3. The highest BCUT2D eigenvalue weighted by atomic mass is 31.1. The first kappa shape index (κ1) is 13.4. The average Bonchev–Trinajstić information content (AvgIpc) is 2.21. The predicted octanol–water partition coefficient (Wildman–Crippen LogP) is 3.23. The van der Waals surface area contributed by atoms with E-state index in [1.54, 1.807) is 6.08 Å². The zero-order chi connectivity index (χ0) is 10.6. The molecule has 1 N–H and O–H groups in total. The number of hydrogen-bond acceptors (Lipinski definition) is 1. The van der Waals surface area contributed by atoms with Crippen molar-refractivity contribution < 1.29 is 0 Å². The Balaban J connectivity index is 0.000000500. The third-order valence-corrected chi connectivity index (χ3v) is 2.16. The fourth-order valence-electron chi connectivity index (χ4n) is 0.977. The minimum absolute atomic E-state index is 0.859. The lowest BCUT2D eigenvalue weighted by Gasteiger charge is -2.00. The Hall–Kier alpha value is -0.650. The normalized spacial score (nSPS) is 9.57. The molecule has 0 bridgehead atoms. The monoisotopic (exact) mass is 209 g/mol. The largest absolute Gasteiger partial charge is 0.298 e. The summed E-state index contributed by atoms with van der Waals surface area (Å²) in [5.41, 5.74) is 1.42. The molecule has 0 fully saturated rings. The van der Waals surface area contributed by atoms with Gasteiger partial charge in [-0.15, -0.1) is 6.58 Å². The van der Waals surface area contributed by atoms with Gasteiger partial charge in [-0.05, 0) is 25.6 Å². The van der Waals surface area contributed by atoms with Gasteiger partial charge < -0.3 is 0 Å². The van der Waals surface area contributed by atoms with Crippen LogP contribution in [0.5, 0.6) is 0 Å². The predicted molar refractivity (Wildman–Crippen MR) is 68.3 cm³/mol. The van der Waals surface area contributed by atoms with Crippen molar-refractivity contribution >= 4 is 8.73 Å². The minimum Gasteiger partial charge on any atom is -0.298 e. The van der Waals surface area contributed by atoms with Crippen molar-refractivity contribution in [1.29, 1.82) is 0 Å². The molecule has 2 heteroatoms. The zero-order valence-corrected chi connectivity index (χ0v) is 10.1. The quantitative estimate of drug-likeness (QED) is 0.456. The summed E-state index contributed by atoms with van der Waals surface area (Å²) < 4.78 is 0. The highest BCUT2D eigenvalue weighted by Gasteiger charge is 1.88. The minimum atomic E-state index is 0.859. The summed E-state index contributed by atoms with van der Waals surface area (Å²) in [6.07, 6.45) is 2.89. The summed E-state index contributed by atoms with van der Waals surface area (Å²) >= 11 is 0. The lowest BCUT2D eigenvalue weighted by atomic mass is 10.2. The summed E-state index contributed by atoms with van der Waals surface area (Å²) in [4.78, 5) is 0. The second-order valence-electron chi connectivity index (χ2n) is 2.82. The third-order valence-electron chi connectivity index (χ3n) is 1.56. The van der Waals surface area contributed by atoms with E-state index in [4.69, 9.17) is 0 Å². The van der Waals surface area contributed by atoms with Gasteiger partial charge in [-0.1, -0.05) is 45.1 Å². The van der Waals surface area contributed by atoms with Gasteiger partial charge in [0, 0.05) is 6.54 Å². The molecule has 1 rings (SSSR count). The van der Waals surface area contributed by atoms with Gasteiger partial charge in [-0.25, -0.2) is 0 Å². The topological polar surface area (TPSA) is 12.0 Å². The van der Waals surface area contributed by atoms with Crippen molar-refractivity contribution in [3.8, 4) is 0 Å². The van der Waals surface area contributed by atoms with Crippen LogP contribution >= 0.6 is 8.73 Å². The molecule has 0 spiro atoms. The van der Waals surface area contributed by atoms with Crippen LogP contribution < -0.4 is 5.09 Å². The molecule has 14 heavy (non-hydrogen) atoms. The Labute approximate surface area is 89.5 Å². The highest BCUT2D eigenvalue weighted by molar-refractivity contribution is 7.34. The molecule has 1 atom stereocenters. The van der Waals surface area contributed by atoms with Gasteiger partial charge in [0.2, 0.25) is 0 Å². The highest BCUT2D eigenvalue weighted by Crippen LogP contribution is 2.00. The molecule has 0 aliphatic heterocycles. The molecule has 0 aliphatic rings. The van der Waals surface area contributed by atoms with Gasteiger partial charge in [-0.3, -0.25) is 5.09 Å². The zero-order valence-electron chi connectivity index (χ0n) is 9.09. The van der Waals surface area contributed by atoms with Crippen LogP contribution in [0.4, 0.5) is 0 Å². The average molecular weight is 209 g/mol. The van der Waals surface area contributed by atoms with Gasteiger partial charge in [0.1, 0.15) is 0 Å². The molecule has 78 valence electrons. The van der Waals surface area contributed by atoms with Crippen molar-refractivity contribution in [1.82, 2.24) is 5.09 Å². The molecule has 0 aromatic heterocycles. The molecule has 1 nitrogen and oxygen atoms in total. The van der Waals surface area contributed by atoms with Gasteiger partial charge in [0.05, 0.1) is 0 Å². The number of allylic oxidation sites excluding steroid dienone is 1. The lowest BCUT2D eigenvalue weighted by Crippen LogP contribution is -2.05. The van der Waals surface area contributed by atoms with Gasteiger partial charge >= 0.3 is 0 Å². The van der Waals surface area contributed by atoms with Gasteiger partial charge in [-0.2, -0.15) is 0 Å². The Bertz CT molecular complexity index is 221. The van der Waals surface area contributed by atoms with Crippen molar-refractivity contribution in [2.75, 3.05) is 13.2 Å². The maximum absolute atomic E-state index is 3.36.